The highest BCUT2D eigenvalue weighted by Crippen LogP contribution is 2.35. The molecule has 0 spiro atoms. The molecule has 1 heterocycles. The van der Waals surface area contributed by atoms with E-state index in [-0.39, 0.29) is 6.04 Å². The van der Waals surface area contributed by atoms with E-state index in [0.717, 1.165) is 5.56 Å². The first kappa shape index (κ1) is 8.97. The Hall–Kier alpha value is -0.120. The Labute approximate surface area is 78.6 Å². The Balaban J connectivity index is 3.02. The van der Waals surface area contributed by atoms with E-state index in [9.17, 15) is 0 Å². The van der Waals surface area contributed by atoms with Crippen LogP contribution in [0.25, 0.3) is 0 Å². The first-order valence-electron chi connectivity index (χ1n) is 2.96. The van der Waals surface area contributed by atoms with E-state index in [1.54, 1.807) is 13.0 Å². The normalized spacial score (nSPS) is 13.0. The summed E-state index contributed by atoms with van der Waals surface area (Å²) in [5.74, 6) is 0. The largest absolute Gasteiger partial charge is 0.209 e. The van der Waals surface area contributed by atoms with Crippen LogP contribution in [0.5, 0.6) is 0 Å². The third-order valence-electron chi connectivity index (χ3n) is 1.33. The predicted octanol–water partition coefficient (Wildman–Crippen LogP) is 4.15. The third-order valence-corrected chi connectivity index (χ3v) is 2.84. The van der Waals surface area contributed by atoms with Gasteiger partial charge in [-0.25, -0.2) is 5.53 Å². The van der Waals surface area contributed by atoms with Crippen molar-refractivity contribution in [2.45, 2.75) is 13.0 Å². The Kier molecular flexibility index (Phi) is 2.87. The maximum absolute atomic E-state index is 6.78. The molecule has 2 nitrogen and oxygen atoms in total. The average molecular weight is 209 g/mol. The van der Waals surface area contributed by atoms with Gasteiger partial charge in [0.25, 0.3) is 0 Å². The fraction of sp³-hybridized carbons (Fsp3) is 0.333. The number of halogens is 2. The molecule has 0 fully saturated rings. The van der Waals surface area contributed by atoms with E-state index in [4.69, 9.17) is 28.7 Å². The van der Waals surface area contributed by atoms with E-state index in [0.29, 0.717) is 8.67 Å². The minimum Gasteiger partial charge on any atom is -0.209 e. The molecule has 5 heteroatoms. The van der Waals surface area contributed by atoms with Gasteiger partial charge in [0.15, 0.2) is 0 Å². The summed E-state index contributed by atoms with van der Waals surface area (Å²) in [5.41, 5.74) is 7.61. The van der Waals surface area contributed by atoms with Gasteiger partial charge in [-0.05, 0) is 13.0 Å². The summed E-state index contributed by atoms with van der Waals surface area (Å²) in [6.45, 7) is 1.80. The molecule has 1 aromatic rings. The lowest BCUT2D eigenvalue weighted by molar-refractivity contribution is 0.737. The molecule has 0 aromatic carbocycles. The molecule has 1 unspecified atom stereocenters. The Bertz CT molecular complexity index is 272. The van der Waals surface area contributed by atoms with Crippen LogP contribution in [-0.4, -0.2) is 0 Å². The van der Waals surface area contributed by atoms with E-state index in [1.165, 1.54) is 11.3 Å². The van der Waals surface area contributed by atoms with Crippen molar-refractivity contribution < 1.29 is 0 Å². The van der Waals surface area contributed by atoms with Gasteiger partial charge in [0.1, 0.15) is 0 Å². The van der Waals surface area contributed by atoms with Gasteiger partial charge in [-0.1, -0.05) is 23.2 Å². The van der Waals surface area contributed by atoms with Crippen LogP contribution in [0.15, 0.2) is 11.2 Å². The quantitative estimate of drug-likeness (QED) is 0.710. The van der Waals surface area contributed by atoms with Crippen molar-refractivity contribution >= 4 is 34.5 Å². The Morgan fingerprint density at radius 3 is 2.64 bits per heavy atom. The minimum absolute atomic E-state index is 0.189. The molecular weight excluding hydrogens is 203 g/mol. The number of thiophene rings is 1. The predicted molar refractivity (Wildman–Crippen MR) is 47.9 cm³/mol. The zero-order valence-corrected chi connectivity index (χ0v) is 8.09. The molecule has 1 N–H and O–H groups in total. The number of nitrogens with zero attached hydrogens (tertiary/aromatic N) is 1. The number of hydrogen-bond acceptors (Lipinski definition) is 3. The second kappa shape index (κ2) is 3.52. The molecule has 0 aliphatic rings. The van der Waals surface area contributed by atoms with Crippen molar-refractivity contribution in [2.75, 3.05) is 0 Å². The summed E-state index contributed by atoms with van der Waals surface area (Å²) in [5, 5.41) is 3.35. The van der Waals surface area contributed by atoms with Crippen LogP contribution in [0.1, 0.15) is 18.5 Å². The highest BCUT2D eigenvalue weighted by Gasteiger charge is 2.11. The van der Waals surface area contributed by atoms with Crippen LogP contribution in [0.3, 0.4) is 0 Å². The van der Waals surface area contributed by atoms with E-state index in [1.807, 2.05) is 0 Å². The molecule has 11 heavy (non-hydrogen) atoms. The van der Waals surface area contributed by atoms with Crippen LogP contribution in [0.2, 0.25) is 8.67 Å². The minimum atomic E-state index is -0.189. The molecule has 1 aromatic heterocycles. The van der Waals surface area contributed by atoms with Gasteiger partial charge in [-0.2, -0.15) is 5.11 Å². The molecule has 0 aliphatic carbocycles. The summed E-state index contributed by atoms with van der Waals surface area (Å²) in [4.78, 5) is 0. The maximum atomic E-state index is 6.78. The highest BCUT2D eigenvalue weighted by molar-refractivity contribution is 7.20. The lowest BCUT2D eigenvalue weighted by Crippen LogP contribution is -1.83. The third kappa shape index (κ3) is 1.92. The summed E-state index contributed by atoms with van der Waals surface area (Å²) >= 11 is 12.8. The van der Waals surface area contributed by atoms with Crippen LogP contribution < -0.4 is 0 Å². The molecule has 0 saturated heterocycles. The Morgan fingerprint density at radius 1 is 1.64 bits per heavy atom. The molecule has 1 rings (SSSR count). The van der Waals surface area contributed by atoms with Crippen molar-refractivity contribution in [2.24, 2.45) is 5.11 Å². The van der Waals surface area contributed by atoms with Gasteiger partial charge in [0.05, 0.1) is 14.7 Å². The van der Waals surface area contributed by atoms with Gasteiger partial charge < -0.3 is 0 Å². The maximum Gasteiger partial charge on any atom is 0.0998 e. The van der Waals surface area contributed by atoms with Gasteiger partial charge in [-0.3, -0.25) is 0 Å². The fourth-order valence-electron chi connectivity index (χ4n) is 0.707. The van der Waals surface area contributed by atoms with Gasteiger partial charge in [0.2, 0.25) is 0 Å². The first-order valence-corrected chi connectivity index (χ1v) is 4.53. The van der Waals surface area contributed by atoms with Crippen molar-refractivity contribution in [1.82, 2.24) is 0 Å². The van der Waals surface area contributed by atoms with Crippen molar-refractivity contribution in [3.63, 3.8) is 0 Å². The Morgan fingerprint density at radius 2 is 2.27 bits per heavy atom. The molecule has 60 valence electrons. The molecule has 0 radical (unpaired) electrons. The SMILES string of the molecule is CC(N=N)c1cc(Cl)sc1Cl. The van der Waals surface area contributed by atoms with Gasteiger partial charge >= 0.3 is 0 Å². The standard InChI is InChI=1S/C6H6Cl2N2S/c1-3(10-9)4-2-5(7)11-6(4)8/h2-3,9H,1H3. The number of rotatable bonds is 2. The van der Waals surface area contributed by atoms with Crippen LogP contribution in [-0.2, 0) is 0 Å². The van der Waals surface area contributed by atoms with Crippen molar-refractivity contribution in [3.05, 3.63) is 20.3 Å². The molecule has 1 atom stereocenters. The number of nitrogens with one attached hydrogen (secondary N) is 1. The first-order chi connectivity index (χ1) is 5.15. The zero-order chi connectivity index (χ0) is 8.43. The fourth-order valence-corrected chi connectivity index (χ4v) is 2.34. The lowest BCUT2D eigenvalue weighted by atomic mass is 10.2. The summed E-state index contributed by atoms with van der Waals surface area (Å²) in [7, 11) is 0. The zero-order valence-electron chi connectivity index (χ0n) is 5.77. The van der Waals surface area contributed by atoms with Crippen LogP contribution in [0, 0.1) is 5.53 Å². The molecule has 0 saturated carbocycles. The summed E-state index contributed by atoms with van der Waals surface area (Å²) in [6.07, 6.45) is 0. The summed E-state index contributed by atoms with van der Waals surface area (Å²) in [6, 6.07) is 1.56. The summed E-state index contributed by atoms with van der Waals surface area (Å²) < 4.78 is 1.26. The second-order valence-corrected chi connectivity index (χ2v) is 4.37. The highest BCUT2D eigenvalue weighted by atomic mass is 35.5. The topological polar surface area (TPSA) is 36.2 Å². The smallest absolute Gasteiger partial charge is 0.0998 e. The molecule has 0 bridgehead atoms. The second-order valence-electron chi connectivity index (χ2n) is 2.08. The molecule has 0 amide bonds. The van der Waals surface area contributed by atoms with Crippen molar-refractivity contribution in [3.8, 4) is 0 Å². The average Bonchev–Trinajstić information content (AvgIpc) is 2.28. The van der Waals surface area contributed by atoms with E-state index >= 15 is 0 Å². The number of hydrogen-bond donors (Lipinski definition) is 1. The molecular formula is C6H6Cl2N2S. The van der Waals surface area contributed by atoms with Crippen LogP contribution >= 0.6 is 34.5 Å². The van der Waals surface area contributed by atoms with Crippen molar-refractivity contribution in [1.29, 1.82) is 5.53 Å². The van der Waals surface area contributed by atoms with E-state index < -0.39 is 0 Å². The lowest BCUT2D eigenvalue weighted by Gasteiger charge is -1.99. The molecule has 0 aliphatic heterocycles. The van der Waals surface area contributed by atoms with Gasteiger partial charge in [-0.15, -0.1) is 11.3 Å². The van der Waals surface area contributed by atoms with Crippen LogP contribution in [0.4, 0.5) is 0 Å². The monoisotopic (exact) mass is 208 g/mol. The van der Waals surface area contributed by atoms with Gasteiger partial charge in [0, 0.05) is 5.56 Å². The van der Waals surface area contributed by atoms with E-state index in [2.05, 4.69) is 5.11 Å².